The lowest BCUT2D eigenvalue weighted by atomic mass is 9.87. The Labute approximate surface area is 232 Å². The van der Waals surface area contributed by atoms with Crippen LogP contribution < -0.4 is 16.0 Å². The van der Waals surface area contributed by atoms with Crippen molar-refractivity contribution in [2.45, 2.75) is 43.2 Å². The van der Waals surface area contributed by atoms with E-state index in [2.05, 4.69) is 33.8 Å². The number of nitrogen functional groups attached to an aromatic ring is 1. The second kappa shape index (κ2) is 11.4. The summed E-state index contributed by atoms with van der Waals surface area (Å²) in [4.78, 5) is 39.7. The van der Waals surface area contributed by atoms with Crippen molar-refractivity contribution in [1.29, 1.82) is 0 Å². The Hall–Kier alpha value is -2.28. The zero-order chi connectivity index (χ0) is 27.8. The Morgan fingerprint density at radius 3 is 2.66 bits per heavy atom. The van der Waals surface area contributed by atoms with Gasteiger partial charge in [0.25, 0.3) is 0 Å². The molecule has 3 N–H and O–H groups in total. The first-order chi connectivity index (χ1) is 17.9. The van der Waals surface area contributed by atoms with Gasteiger partial charge in [-0.3, -0.25) is 9.59 Å². The first-order valence-corrected chi connectivity index (χ1v) is 14.1. The van der Waals surface area contributed by atoms with Crippen LogP contribution in [0.3, 0.4) is 0 Å². The fourth-order valence-electron chi connectivity index (χ4n) is 5.20. The maximum absolute atomic E-state index is 14.8. The molecule has 2 aliphatic heterocycles. The Morgan fingerprint density at radius 2 is 1.97 bits per heavy atom. The number of nitrogens with zero attached hydrogens (tertiary/aromatic N) is 5. The van der Waals surface area contributed by atoms with Gasteiger partial charge >= 0.3 is 0 Å². The highest BCUT2D eigenvalue weighted by molar-refractivity contribution is 7.38. The number of carbonyl (C=O) groups is 2. The van der Waals surface area contributed by atoms with Gasteiger partial charge in [-0.05, 0) is 49.9 Å². The lowest BCUT2D eigenvalue weighted by molar-refractivity contribution is -0.143. The molecule has 0 saturated carbocycles. The summed E-state index contributed by atoms with van der Waals surface area (Å²) in [6, 6.07) is 4.76. The molecule has 2 saturated heterocycles. The maximum Gasteiger partial charge on any atom is 0.245 e. The molecule has 0 aliphatic carbocycles. The van der Waals surface area contributed by atoms with E-state index in [1.54, 1.807) is 34.9 Å². The molecule has 0 bridgehead atoms. The van der Waals surface area contributed by atoms with Gasteiger partial charge in [-0.25, -0.2) is 9.97 Å². The van der Waals surface area contributed by atoms with Crippen LogP contribution in [0.5, 0.6) is 0 Å². The average Bonchev–Trinajstić information content (AvgIpc) is 2.85. The van der Waals surface area contributed by atoms with E-state index in [1.165, 1.54) is 6.33 Å². The van der Waals surface area contributed by atoms with Crippen molar-refractivity contribution in [3.05, 3.63) is 40.9 Å². The number of rotatable bonds is 6. The monoisotopic (exact) mass is 581 g/mol. The number of amides is 2. The molecule has 2 unspecified atom stereocenters. The number of nitrogens with one attached hydrogen (secondary N) is 1. The number of aromatic nitrogens is 2. The molecule has 9 nitrogen and oxygen atoms in total. The molecule has 2 amide bonds. The molecule has 13 heteroatoms. The standard InChI is InChI=1S/C25H35ClFN7O2P2/c1-25(37,38)14-9-15(26)11-16(10-14)31-18-5-4-7-34(24(18)36)19-12-33(8-6-17(19)23(35)32(2)3)22-20(27)21(28)29-13-30-22/h9-11,13,17-19,31H,4-8,12,37-38H2,1-3H3,(H2,28,29,30)/t17-,18+,19-/m0/s1. The van der Waals surface area contributed by atoms with Crippen molar-refractivity contribution in [3.8, 4) is 0 Å². The number of hydrogen-bond acceptors (Lipinski definition) is 7. The van der Waals surface area contributed by atoms with Crippen molar-refractivity contribution in [3.63, 3.8) is 0 Å². The lowest BCUT2D eigenvalue weighted by Gasteiger charge is -2.47. The first-order valence-electron chi connectivity index (χ1n) is 12.5. The van der Waals surface area contributed by atoms with Crippen LogP contribution in [0.25, 0.3) is 0 Å². The zero-order valence-electron chi connectivity index (χ0n) is 21.8. The Balaban J connectivity index is 1.61. The highest BCUT2D eigenvalue weighted by Crippen LogP contribution is 2.40. The molecule has 0 spiro atoms. The summed E-state index contributed by atoms with van der Waals surface area (Å²) in [5.41, 5.74) is 7.43. The summed E-state index contributed by atoms with van der Waals surface area (Å²) < 4.78 is 14.8. The molecule has 3 heterocycles. The molecule has 2 aliphatic rings. The molecule has 206 valence electrons. The SMILES string of the molecule is CN(C)C(=O)[C@H]1CCN(c2ncnc(N)c2F)C[C@@H]1N1CCC[C@@H](Nc2cc(Cl)cc(C(C)(P)P)c2)C1=O. The Morgan fingerprint density at radius 1 is 1.24 bits per heavy atom. The minimum atomic E-state index is -0.694. The zero-order valence-corrected chi connectivity index (χ0v) is 24.9. The molecule has 2 aromatic rings. The number of likely N-dealkylation sites (tertiary alicyclic amines) is 1. The summed E-state index contributed by atoms with van der Waals surface area (Å²) in [5.74, 6) is -1.41. The number of anilines is 3. The summed E-state index contributed by atoms with van der Waals surface area (Å²) in [6.07, 6.45) is 3.08. The molecule has 2 fully saturated rings. The number of carbonyl (C=O) groups excluding carboxylic acids is 2. The van der Waals surface area contributed by atoms with Crippen molar-refractivity contribution in [2.75, 3.05) is 49.7 Å². The number of nitrogens with two attached hydrogens (primary N) is 1. The third-order valence-corrected chi connectivity index (χ3v) is 8.06. The van der Waals surface area contributed by atoms with Crippen LogP contribution in [0.4, 0.5) is 21.7 Å². The molecule has 5 atom stereocenters. The normalized spacial score (nSPS) is 22.4. The van der Waals surface area contributed by atoms with E-state index in [-0.39, 0.29) is 34.9 Å². The molecular formula is C25H35ClFN7O2P2. The summed E-state index contributed by atoms with van der Waals surface area (Å²) in [7, 11) is 8.96. The molecule has 4 rings (SSSR count). The van der Waals surface area contributed by atoms with E-state index in [1.807, 2.05) is 19.1 Å². The van der Waals surface area contributed by atoms with Crippen molar-refractivity contribution in [1.82, 2.24) is 19.8 Å². The third-order valence-electron chi connectivity index (χ3n) is 7.17. The highest BCUT2D eigenvalue weighted by Gasteiger charge is 2.43. The quantitative estimate of drug-likeness (QED) is 0.505. The van der Waals surface area contributed by atoms with E-state index in [4.69, 9.17) is 17.3 Å². The fourth-order valence-corrected chi connectivity index (χ4v) is 5.77. The number of hydrogen-bond donors (Lipinski definition) is 2. The number of piperidine rings is 2. The fraction of sp³-hybridized carbons (Fsp3) is 0.520. The summed E-state index contributed by atoms with van der Waals surface area (Å²) in [5, 5.41) is 3.95. The topological polar surface area (TPSA) is 108 Å². The van der Waals surface area contributed by atoms with E-state index < -0.39 is 23.8 Å². The maximum atomic E-state index is 14.8. The second-order valence-corrected chi connectivity index (χ2v) is 13.9. The molecular weight excluding hydrogens is 547 g/mol. The number of halogens is 2. The Bertz CT molecular complexity index is 1210. The van der Waals surface area contributed by atoms with Gasteiger partial charge in [0.1, 0.15) is 12.4 Å². The van der Waals surface area contributed by atoms with Crippen LogP contribution >= 0.6 is 30.1 Å². The van der Waals surface area contributed by atoms with Crippen LogP contribution in [0.2, 0.25) is 5.02 Å². The lowest BCUT2D eigenvalue weighted by Crippen LogP contribution is -2.62. The largest absolute Gasteiger partial charge is 0.381 e. The molecule has 0 radical (unpaired) electrons. The van der Waals surface area contributed by atoms with Gasteiger partial charge in [-0.2, -0.15) is 4.39 Å². The predicted molar refractivity (Wildman–Crippen MR) is 156 cm³/mol. The van der Waals surface area contributed by atoms with Crippen LogP contribution in [-0.4, -0.2) is 77.4 Å². The van der Waals surface area contributed by atoms with Gasteiger partial charge in [0, 0.05) is 49.3 Å². The first kappa shape index (κ1) is 28.7. The van der Waals surface area contributed by atoms with Crippen molar-refractivity contribution in [2.24, 2.45) is 5.92 Å². The van der Waals surface area contributed by atoms with E-state index >= 15 is 0 Å². The number of benzene rings is 1. The third kappa shape index (κ3) is 6.13. The minimum absolute atomic E-state index is 0.0557. The second-order valence-electron chi connectivity index (χ2n) is 10.4. The van der Waals surface area contributed by atoms with E-state index in [0.29, 0.717) is 31.0 Å². The molecule has 1 aromatic carbocycles. The van der Waals surface area contributed by atoms with Crippen LogP contribution in [0.1, 0.15) is 31.7 Å². The van der Waals surface area contributed by atoms with Gasteiger partial charge in [0.05, 0.1) is 12.0 Å². The van der Waals surface area contributed by atoms with Gasteiger partial charge in [-0.1, -0.05) is 11.6 Å². The van der Waals surface area contributed by atoms with Gasteiger partial charge in [0.15, 0.2) is 11.6 Å². The van der Waals surface area contributed by atoms with Gasteiger partial charge < -0.3 is 25.8 Å². The van der Waals surface area contributed by atoms with E-state index in [0.717, 1.165) is 17.7 Å². The van der Waals surface area contributed by atoms with E-state index in [9.17, 15) is 14.0 Å². The minimum Gasteiger partial charge on any atom is -0.381 e. The van der Waals surface area contributed by atoms with Crippen molar-refractivity contribution >= 4 is 59.2 Å². The van der Waals surface area contributed by atoms with Crippen LogP contribution in [0.15, 0.2) is 24.5 Å². The predicted octanol–water partition coefficient (Wildman–Crippen LogP) is 3.16. The summed E-state index contributed by atoms with van der Waals surface area (Å²) in [6.45, 7) is 3.22. The summed E-state index contributed by atoms with van der Waals surface area (Å²) >= 11 is 6.39. The smallest absolute Gasteiger partial charge is 0.245 e. The van der Waals surface area contributed by atoms with Gasteiger partial charge in [0.2, 0.25) is 17.6 Å². The van der Waals surface area contributed by atoms with Gasteiger partial charge in [-0.15, -0.1) is 18.5 Å². The molecule has 1 aromatic heterocycles. The molecule has 38 heavy (non-hydrogen) atoms. The Kier molecular flexibility index (Phi) is 8.65. The average molecular weight is 582 g/mol. The van der Waals surface area contributed by atoms with Crippen LogP contribution in [-0.2, 0) is 14.5 Å². The van der Waals surface area contributed by atoms with Crippen molar-refractivity contribution < 1.29 is 14.0 Å². The highest BCUT2D eigenvalue weighted by atomic mass is 35.5. The van der Waals surface area contributed by atoms with Crippen LogP contribution in [0, 0.1) is 11.7 Å².